The summed E-state index contributed by atoms with van der Waals surface area (Å²) in [6.45, 7) is 7.64. The molecule has 2 N–H and O–H groups in total. The van der Waals surface area contributed by atoms with E-state index in [0.29, 0.717) is 17.2 Å². The third-order valence-corrected chi connectivity index (χ3v) is 5.11. The number of hydrogen-bond acceptors (Lipinski definition) is 2. The zero-order chi connectivity index (χ0) is 14.4. The average Bonchev–Trinajstić information content (AvgIpc) is 3.11. The Balaban J connectivity index is 1.49. The van der Waals surface area contributed by atoms with E-state index in [1.165, 1.54) is 38.5 Å². The molecule has 1 aliphatic heterocycles. The van der Waals surface area contributed by atoms with E-state index in [2.05, 4.69) is 24.5 Å². The molecule has 1 amide bonds. The molecule has 0 bridgehead atoms. The van der Waals surface area contributed by atoms with Gasteiger partial charge in [0.1, 0.15) is 0 Å². The molecule has 0 radical (unpaired) electrons. The molecule has 1 spiro atoms. The van der Waals surface area contributed by atoms with Gasteiger partial charge in [0, 0.05) is 12.5 Å². The molecule has 2 rings (SSSR count). The summed E-state index contributed by atoms with van der Waals surface area (Å²) >= 11 is 0. The number of rotatable bonds is 8. The molecule has 2 aliphatic rings. The molecule has 116 valence electrons. The second-order valence-electron chi connectivity index (χ2n) is 7.26. The van der Waals surface area contributed by atoms with Crippen LogP contribution in [0.3, 0.4) is 0 Å². The highest BCUT2D eigenvalue weighted by Gasteiger charge is 2.57. The smallest absolute Gasteiger partial charge is 0.223 e. The number of nitrogens with one attached hydrogen (secondary N) is 2. The summed E-state index contributed by atoms with van der Waals surface area (Å²) in [6.07, 6.45) is 9.91. The van der Waals surface area contributed by atoms with Crippen LogP contribution in [0.4, 0.5) is 0 Å². The molecule has 1 heterocycles. The highest BCUT2D eigenvalue weighted by atomic mass is 16.2. The lowest BCUT2D eigenvalue weighted by Gasteiger charge is -2.23. The van der Waals surface area contributed by atoms with Crippen molar-refractivity contribution in [1.29, 1.82) is 0 Å². The SMILES string of the molecule is CC(C)CCCCCCNC(=O)C1CC12CCNCC2. The van der Waals surface area contributed by atoms with Crippen molar-refractivity contribution in [3.05, 3.63) is 0 Å². The maximum Gasteiger partial charge on any atom is 0.223 e. The Morgan fingerprint density at radius 2 is 1.90 bits per heavy atom. The maximum atomic E-state index is 12.1. The topological polar surface area (TPSA) is 41.1 Å². The molecule has 1 saturated carbocycles. The number of carbonyl (C=O) groups is 1. The molecule has 0 aromatic heterocycles. The van der Waals surface area contributed by atoms with Crippen molar-refractivity contribution in [2.45, 2.75) is 65.2 Å². The zero-order valence-electron chi connectivity index (χ0n) is 13.3. The minimum absolute atomic E-state index is 0.325. The number of hydrogen-bond donors (Lipinski definition) is 2. The predicted octanol–water partition coefficient (Wildman–Crippen LogP) is 3.10. The minimum atomic E-state index is 0.325. The van der Waals surface area contributed by atoms with Crippen LogP contribution in [0.2, 0.25) is 0 Å². The monoisotopic (exact) mass is 280 g/mol. The van der Waals surface area contributed by atoms with E-state index in [0.717, 1.165) is 38.4 Å². The highest BCUT2D eigenvalue weighted by molar-refractivity contribution is 5.82. The number of piperidine rings is 1. The first kappa shape index (κ1) is 15.8. The van der Waals surface area contributed by atoms with E-state index < -0.39 is 0 Å². The Morgan fingerprint density at radius 1 is 1.20 bits per heavy atom. The fourth-order valence-corrected chi connectivity index (χ4v) is 3.56. The lowest BCUT2D eigenvalue weighted by Crippen LogP contribution is -2.34. The van der Waals surface area contributed by atoms with Gasteiger partial charge in [-0.05, 0) is 50.1 Å². The van der Waals surface area contributed by atoms with Crippen molar-refractivity contribution < 1.29 is 4.79 Å². The molecule has 1 atom stereocenters. The molecule has 1 aliphatic carbocycles. The van der Waals surface area contributed by atoms with E-state index in [-0.39, 0.29) is 0 Å². The first-order valence-corrected chi connectivity index (χ1v) is 8.62. The standard InChI is InChI=1S/C17H32N2O/c1-14(2)7-5-3-4-6-10-19-16(20)15-13-17(15)8-11-18-12-9-17/h14-15,18H,3-13H2,1-2H3,(H,19,20). The lowest BCUT2D eigenvalue weighted by atomic mass is 9.92. The second-order valence-corrected chi connectivity index (χ2v) is 7.26. The quantitative estimate of drug-likeness (QED) is 0.671. The third-order valence-electron chi connectivity index (χ3n) is 5.11. The van der Waals surface area contributed by atoms with Crippen LogP contribution in [0.15, 0.2) is 0 Å². The minimum Gasteiger partial charge on any atom is -0.356 e. The van der Waals surface area contributed by atoms with Gasteiger partial charge in [0.25, 0.3) is 0 Å². The van der Waals surface area contributed by atoms with Crippen LogP contribution in [-0.4, -0.2) is 25.5 Å². The van der Waals surface area contributed by atoms with E-state index in [4.69, 9.17) is 0 Å². The normalized spacial score (nSPS) is 24.1. The van der Waals surface area contributed by atoms with Gasteiger partial charge in [-0.25, -0.2) is 0 Å². The summed E-state index contributed by atoms with van der Waals surface area (Å²) in [5.41, 5.74) is 0.382. The van der Waals surface area contributed by atoms with Crippen molar-refractivity contribution in [2.24, 2.45) is 17.3 Å². The molecule has 0 aromatic rings. The van der Waals surface area contributed by atoms with Gasteiger partial charge in [-0.1, -0.05) is 39.5 Å². The summed E-state index contributed by atoms with van der Waals surface area (Å²) < 4.78 is 0. The van der Waals surface area contributed by atoms with E-state index in [1.54, 1.807) is 0 Å². The fraction of sp³-hybridized carbons (Fsp3) is 0.941. The Morgan fingerprint density at radius 3 is 2.60 bits per heavy atom. The maximum absolute atomic E-state index is 12.1. The van der Waals surface area contributed by atoms with Crippen LogP contribution >= 0.6 is 0 Å². The van der Waals surface area contributed by atoms with Gasteiger partial charge in [0.05, 0.1) is 0 Å². The highest BCUT2D eigenvalue weighted by Crippen LogP contribution is 2.58. The summed E-state index contributed by atoms with van der Waals surface area (Å²) in [6, 6.07) is 0. The van der Waals surface area contributed by atoms with Crippen molar-refractivity contribution in [3.63, 3.8) is 0 Å². The summed E-state index contributed by atoms with van der Waals surface area (Å²) in [4.78, 5) is 12.1. The van der Waals surface area contributed by atoms with Gasteiger partial charge in [-0.3, -0.25) is 4.79 Å². The molecule has 20 heavy (non-hydrogen) atoms. The van der Waals surface area contributed by atoms with Crippen molar-refractivity contribution in [2.75, 3.05) is 19.6 Å². The molecule has 3 nitrogen and oxygen atoms in total. The van der Waals surface area contributed by atoms with Crippen LogP contribution in [0.25, 0.3) is 0 Å². The van der Waals surface area contributed by atoms with Crippen LogP contribution in [-0.2, 0) is 4.79 Å². The molecule has 1 unspecified atom stereocenters. The van der Waals surface area contributed by atoms with Gasteiger partial charge >= 0.3 is 0 Å². The average molecular weight is 280 g/mol. The number of amides is 1. The van der Waals surface area contributed by atoms with Crippen molar-refractivity contribution in [3.8, 4) is 0 Å². The Kier molecular flexibility index (Phi) is 5.88. The summed E-state index contributed by atoms with van der Waals surface area (Å²) in [5, 5.41) is 6.54. The van der Waals surface area contributed by atoms with Crippen LogP contribution in [0.1, 0.15) is 65.2 Å². The first-order valence-electron chi connectivity index (χ1n) is 8.62. The predicted molar refractivity (Wildman–Crippen MR) is 83.6 cm³/mol. The molecule has 1 saturated heterocycles. The van der Waals surface area contributed by atoms with Gasteiger partial charge in [0.15, 0.2) is 0 Å². The summed E-state index contributed by atoms with van der Waals surface area (Å²) in [5.74, 6) is 1.48. The van der Waals surface area contributed by atoms with Crippen LogP contribution in [0.5, 0.6) is 0 Å². The molecular formula is C17H32N2O. The van der Waals surface area contributed by atoms with Gasteiger partial charge in [-0.2, -0.15) is 0 Å². The molecule has 3 heteroatoms. The Hall–Kier alpha value is -0.570. The second kappa shape index (κ2) is 7.44. The fourth-order valence-electron chi connectivity index (χ4n) is 3.56. The van der Waals surface area contributed by atoms with Crippen LogP contribution in [0, 0.1) is 17.3 Å². The van der Waals surface area contributed by atoms with Gasteiger partial charge < -0.3 is 10.6 Å². The molecule has 0 aromatic carbocycles. The van der Waals surface area contributed by atoms with E-state index in [9.17, 15) is 4.79 Å². The van der Waals surface area contributed by atoms with E-state index >= 15 is 0 Å². The Labute approximate surface area is 124 Å². The van der Waals surface area contributed by atoms with Crippen molar-refractivity contribution in [1.82, 2.24) is 10.6 Å². The number of carbonyl (C=O) groups excluding carboxylic acids is 1. The van der Waals surface area contributed by atoms with E-state index in [1.807, 2.05) is 0 Å². The lowest BCUT2D eigenvalue weighted by molar-refractivity contribution is -0.123. The summed E-state index contributed by atoms with van der Waals surface area (Å²) in [7, 11) is 0. The molecule has 2 fully saturated rings. The van der Waals surface area contributed by atoms with Crippen molar-refractivity contribution >= 4 is 5.91 Å². The molecular weight excluding hydrogens is 248 g/mol. The first-order chi connectivity index (χ1) is 9.64. The van der Waals surface area contributed by atoms with Gasteiger partial charge in [0.2, 0.25) is 5.91 Å². The Bertz CT molecular complexity index is 308. The largest absolute Gasteiger partial charge is 0.356 e. The van der Waals surface area contributed by atoms with Crippen LogP contribution < -0.4 is 10.6 Å². The third kappa shape index (κ3) is 4.47. The number of unbranched alkanes of at least 4 members (excludes halogenated alkanes) is 3. The van der Waals surface area contributed by atoms with Gasteiger partial charge in [-0.15, -0.1) is 0 Å². The zero-order valence-corrected chi connectivity index (χ0v) is 13.3.